The molecule has 0 saturated heterocycles. The van der Waals surface area contributed by atoms with Gasteiger partial charge in [0.1, 0.15) is 10.1 Å². The number of hydrogen-bond acceptors (Lipinski definition) is 3. The van der Waals surface area contributed by atoms with Crippen LogP contribution in [0.5, 0.6) is 0 Å². The van der Waals surface area contributed by atoms with E-state index in [1.807, 2.05) is 25.1 Å². The van der Waals surface area contributed by atoms with E-state index in [-0.39, 0.29) is 34.5 Å². The van der Waals surface area contributed by atoms with Crippen molar-refractivity contribution in [3.05, 3.63) is 41.5 Å². The van der Waals surface area contributed by atoms with E-state index in [1.165, 1.54) is 0 Å². The van der Waals surface area contributed by atoms with Gasteiger partial charge in [0.15, 0.2) is 0 Å². The summed E-state index contributed by atoms with van der Waals surface area (Å²) in [7, 11) is -4.47. The molecular formula is C16H19NaO3S. The van der Waals surface area contributed by atoms with Crippen molar-refractivity contribution >= 4 is 20.9 Å². The molecule has 21 heavy (non-hydrogen) atoms. The third kappa shape index (κ3) is 4.08. The molecule has 5 heteroatoms. The summed E-state index contributed by atoms with van der Waals surface area (Å²) in [6, 6.07) is 9.23. The summed E-state index contributed by atoms with van der Waals surface area (Å²) in [5, 5.41) is 1.37. The first kappa shape index (κ1) is 18.7. The minimum atomic E-state index is -4.47. The van der Waals surface area contributed by atoms with Gasteiger partial charge in [-0.2, -0.15) is 0 Å². The van der Waals surface area contributed by atoms with E-state index in [0.29, 0.717) is 17.4 Å². The van der Waals surface area contributed by atoms with E-state index < -0.39 is 10.1 Å². The molecule has 0 heterocycles. The Morgan fingerprint density at radius 3 is 2.24 bits per heavy atom. The minimum Gasteiger partial charge on any atom is -0.744 e. The minimum absolute atomic E-state index is 0. The van der Waals surface area contributed by atoms with Gasteiger partial charge in [-0.25, -0.2) is 8.42 Å². The molecule has 0 radical (unpaired) electrons. The molecule has 0 aromatic heterocycles. The monoisotopic (exact) mass is 314 g/mol. The van der Waals surface area contributed by atoms with Gasteiger partial charge in [0, 0.05) is 0 Å². The van der Waals surface area contributed by atoms with Gasteiger partial charge in [-0.05, 0) is 34.7 Å². The summed E-state index contributed by atoms with van der Waals surface area (Å²) in [4.78, 5) is -0.0131. The van der Waals surface area contributed by atoms with Crippen LogP contribution in [0.4, 0.5) is 0 Å². The zero-order valence-electron chi connectivity index (χ0n) is 12.8. The molecule has 0 amide bonds. The van der Waals surface area contributed by atoms with E-state index >= 15 is 0 Å². The number of hydrogen-bond donors (Lipinski definition) is 0. The molecule has 2 aromatic carbocycles. The third-order valence-electron chi connectivity index (χ3n) is 3.47. The van der Waals surface area contributed by atoms with Crippen LogP contribution < -0.4 is 29.6 Å². The van der Waals surface area contributed by atoms with Crippen molar-refractivity contribution < 1.29 is 42.5 Å². The molecule has 0 bridgehead atoms. The second-order valence-electron chi connectivity index (χ2n) is 5.02. The number of fused-ring (bicyclic) bond motifs is 1. The molecule has 0 atom stereocenters. The van der Waals surface area contributed by atoms with Crippen molar-refractivity contribution in [1.29, 1.82) is 0 Å². The Bertz CT molecular complexity index is 724. The Morgan fingerprint density at radius 1 is 1.05 bits per heavy atom. The van der Waals surface area contributed by atoms with Gasteiger partial charge in [-0.3, -0.25) is 0 Å². The van der Waals surface area contributed by atoms with E-state index in [1.54, 1.807) is 12.1 Å². The van der Waals surface area contributed by atoms with Gasteiger partial charge >= 0.3 is 29.6 Å². The maximum Gasteiger partial charge on any atom is 1.00 e. The molecule has 2 rings (SSSR count). The summed E-state index contributed by atoms with van der Waals surface area (Å²) < 4.78 is 35.2. The van der Waals surface area contributed by atoms with Crippen LogP contribution >= 0.6 is 0 Å². The van der Waals surface area contributed by atoms with Crippen molar-refractivity contribution in [2.45, 2.75) is 44.4 Å². The summed E-state index contributed by atoms with van der Waals surface area (Å²) in [6.45, 7) is 4.04. The molecular weight excluding hydrogens is 295 g/mol. The van der Waals surface area contributed by atoms with Crippen molar-refractivity contribution in [3.63, 3.8) is 0 Å². The zero-order chi connectivity index (χ0) is 14.8. The van der Waals surface area contributed by atoms with E-state index in [4.69, 9.17) is 0 Å². The molecule has 0 unspecified atom stereocenters. The van der Waals surface area contributed by atoms with Crippen LogP contribution in [0.1, 0.15) is 37.8 Å². The van der Waals surface area contributed by atoms with E-state index in [2.05, 4.69) is 6.92 Å². The average Bonchev–Trinajstić information content (AvgIpc) is 2.38. The molecule has 3 nitrogen and oxygen atoms in total. The predicted octanol–water partition coefficient (Wildman–Crippen LogP) is 0.653. The van der Waals surface area contributed by atoms with Crippen LogP contribution in [-0.4, -0.2) is 13.0 Å². The summed E-state index contributed by atoms with van der Waals surface area (Å²) in [5.74, 6) is 0. The fraction of sp³-hybridized carbons (Fsp3) is 0.375. The number of aryl methyl sites for hydroxylation is 1. The van der Waals surface area contributed by atoms with Crippen LogP contribution in [0.15, 0.2) is 35.2 Å². The summed E-state index contributed by atoms with van der Waals surface area (Å²) in [5.41, 5.74) is 1.70. The Morgan fingerprint density at radius 2 is 1.67 bits per heavy atom. The average molecular weight is 314 g/mol. The van der Waals surface area contributed by atoms with Crippen LogP contribution in [0.3, 0.4) is 0 Å². The molecule has 0 aliphatic carbocycles. The van der Waals surface area contributed by atoms with Crippen molar-refractivity contribution in [2.24, 2.45) is 0 Å². The largest absolute Gasteiger partial charge is 1.00 e. The predicted molar refractivity (Wildman–Crippen MR) is 79.9 cm³/mol. The van der Waals surface area contributed by atoms with Crippen LogP contribution in [0.2, 0.25) is 0 Å². The first-order valence-electron chi connectivity index (χ1n) is 6.98. The molecule has 2 aromatic rings. The SMILES string of the molecule is CCCc1cc2ccccc2c(S(=O)(=O)[O-])c1CCC.[Na+]. The van der Waals surface area contributed by atoms with Crippen LogP contribution in [0, 0.1) is 0 Å². The molecule has 0 spiro atoms. The first-order chi connectivity index (χ1) is 9.49. The normalized spacial score (nSPS) is 11.4. The fourth-order valence-corrected chi connectivity index (χ4v) is 3.71. The van der Waals surface area contributed by atoms with Crippen molar-refractivity contribution in [1.82, 2.24) is 0 Å². The number of benzene rings is 2. The fourth-order valence-electron chi connectivity index (χ4n) is 2.71. The summed E-state index contributed by atoms with van der Waals surface area (Å²) >= 11 is 0. The molecule has 0 aliphatic rings. The van der Waals surface area contributed by atoms with Crippen LogP contribution in [0.25, 0.3) is 10.8 Å². The molecule has 0 saturated carbocycles. The van der Waals surface area contributed by atoms with Gasteiger partial charge in [0.2, 0.25) is 0 Å². The quantitative estimate of drug-likeness (QED) is 0.601. The maximum atomic E-state index is 11.7. The molecule has 108 valence electrons. The third-order valence-corrected chi connectivity index (χ3v) is 4.43. The molecule has 0 N–H and O–H groups in total. The topological polar surface area (TPSA) is 57.2 Å². The van der Waals surface area contributed by atoms with Crippen molar-refractivity contribution in [2.75, 3.05) is 0 Å². The van der Waals surface area contributed by atoms with Gasteiger partial charge in [-0.15, -0.1) is 0 Å². The maximum absolute atomic E-state index is 11.7. The van der Waals surface area contributed by atoms with E-state index in [9.17, 15) is 13.0 Å². The molecule has 0 aliphatic heterocycles. The first-order valence-corrected chi connectivity index (χ1v) is 8.39. The zero-order valence-corrected chi connectivity index (χ0v) is 15.7. The molecule has 0 fully saturated rings. The Hall–Kier alpha value is -0.390. The van der Waals surface area contributed by atoms with Gasteiger partial charge in [-0.1, -0.05) is 57.0 Å². The Kier molecular flexibility index (Phi) is 6.88. The summed E-state index contributed by atoms with van der Waals surface area (Å²) in [6.07, 6.45) is 3.16. The smallest absolute Gasteiger partial charge is 0.744 e. The van der Waals surface area contributed by atoms with Crippen LogP contribution in [-0.2, 0) is 23.0 Å². The standard InChI is InChI=1S/C16H20O3S.Na/c1-3-7-12-11-13-9-5-6-10-15(13)16(20(17,18)19)14(12)8-4-2;/h5-6,9-11H,3-4,7-8H2,1-2H3,(H,17,18,19);/q;+1/p-1. The van der Waals surface area contributed by atoms with Crippen molar-refractivity contribution in [3.8, 4) is 0 Å². The Labute approximate surface area is 148 Å². The second kappa shape index (κ2) is 7.75. The second-order valence-corrected chi connectivity index (χ2v) is 6.34. The number of rotatable bonds is 5. The van der Waals surface area contributed by atoms with Gasteiger partial charge in [0.25, 0.3) is 0 Å². The van der Waals surface area contributed by atoms with E-state index in [0.717, 1.165) is 30.2 Å². The van der Waals surface area contributed by atoms with Gasteiger partial charge in [0.05, 0.1) is 4.90 Å². The van der Waals surface area contributed by atoms with Gasteiger partial charge < -0.3 is 4.55 Å². The Balaban J connectivity index is 0.00000220.